The molecule has 1 aliphatic heterocycles. The van der Waals surface area contributed by atoms with Gasteiger partial charge in [0.15, 0.2) is 0 Å². The summed E-state index contributed by atoms with van der Waals surface area (Å²) in [6, 6.07) is -0.193. The van der Waals surface area contributed by atoms with Gasteiger partial charge in [0, 0.05) is 25.8 Å². The zero-order valence-corrected chi connectivity index (χ0v) is 9.67. The fourth-order valence-corrected chi connectivity index (χ4v) is 2.19. The van der Waals surface area contributed by atoms with Crippen molar-refractivity contribution in [1.82, 2.24) is 14.5 Å². The summed E-state index contributed by atoms with van der Waals surface area (Å²) in [5, 5.41) is 8.79. The van der Waals surface area contributed by atoms with E-state index in [0.29, 0.717) is 12.2 Å². The zero-order valence-electron chi connectivity index (χ0n) is 9.67. The molecule has 17 heavy (non-hydrogen) atoms. The zero-order chi connectivity index (χ0) is 12.4. The van der Waals surface area contributed by atoms with Gasteiger partial charge in [-0.15, -0.1) is 0 Å². The molecular formula is C11H15N3O3. The van der Waals surface area contributed by atoms with Crippen LogP contribution in [0.2, 0.25) is 0 Å². The van der Waals surface area contributed by atoms with Gasteiger partial charge >= 0.3 is 5.97 Å². The fourth-order valence-electron chi connectivity index (χ4n) is 2.19. The smallest absolute Gasteiger partial charge is 0.305 e. The quantitative estimate of drug-likeness (QED) is 0.830. The van der Waals surface area contributed by atoms with Gasteiger partial charge in [0.1, 0.15) is 5.69 Å². The van der Waals surface area contributed by atoms with Gasteiger partial charge in [-0.05, 0) is 12.8 Å². The Balaban J connectivity index is 2.10. The van der Waals surface area contributed by atoms with Crippen molar-refractivity contribution in [2.75, 3.05) is 6.54 Å². The van der Waals surface area contributed by atoms with Crippen LogP contribution in [0.15, 0.2) is 12.5 Å². The van der Waals surface area contributed by atoms with Crippen LogP contribution in [-0.4, -0.2) is 44.0 Å². The first-order chi connectivity index (χ1) is 8.08. The van der Waals surface area contributed by atoms with Gasteiger partial charge in [0.25, 0.3) is 5.91 Å². The lowest BCUT2D eigenvalue weighted by Crippen LogP contribution is -2.37. The van der Waals surface area contributed by atoms with E-state index in [-0.39, 0.29) is 18.4 Å². The van der Waals surface area contributed by atoms with E-state index in [2.05, 4.69) is 4.98 Å². The Hall–Kier alpha value is -1.85. The van der Waals surface area contributed by atoms with E-state index in [9.17, 15) is 9.59 Å². The summed E-state index contributed by atoms with van der Waals surface area (Å²) >= 11 is 0. The fraction of sp³-hybridized carbons (Fsp3) is 0.545. The lowest BCUT2D eigenvalue weighted by atomic mass is 10.1. The molecule has 6 nitrogen and oxygen atoms in total. The number of aliphatic carboxylic acids is 1. The molecule has 1 aliphatic rings. The Morgan fingerprint density at radius 1 is 1.59 bits per heavy atom. The molecule has 2 rings (SSSR count). The third kappa shape index (κ3) is 2.46. The van der Waals surface area contributed by atoms with Crippen LogP contribution in [-0.2, 0) is 11.8 Å². The van der Waals surface area contributed by atoms with Crippen molar-refractivity contribution in [1.29, 1.82) is 0 Å². The molecule has 0 saturated carbocycles. The molecule has 1 aromatic heterocycles. The van der Waals surface area contributed by atoms with Gasteiger partial charge < -0.3 is 14.6 Å². The van der Waals surface area contributed by atoms with Crippen LogP contribution in [0.25, 0.3) is 0 Å². The number of nitrogens with zero attached hydrogens (tertiary/aromatic N) is 3. The van der Waals surface area contributed by atoms with E-state index in [1.165, 1.54) is 0 Å². The number of aryl methyl sites for hydroxylation is 1. The van der Waals surface area contributed by atoms with Crippen LogP contribution in [0.4, 0.5) is 0 Å². The Morgan fingerprint density at radius 3 is 2.94 bits per heavy atom. The molecule has 2 heterocycles. The summed E-state index contributed by atoms with van der Waals surface area (Å²) < 4.78 is 1.70. The summed E-state index contributed by atoms with van der Waals surface area (Å²) in [4.78, 5) is 28.4. The molecule has 1 amide bonds. The predicted molar refractivity (Wildman–Crippen MR) is 59.5 cm³/mol. The molecule has 92 valence electrons. The molecule has 1 atom stereocenters. The van der Waals surface area contributed by atoms with Crippen molar-refractivity contribution in [3.05, 3.63) is 18.2 Å². The topological polar surface area (TPSA) is 75.4 Å². The second-order valence-electron chi connectivity index (χ2n) is 4.32. The largest absolute Gasteiger partial charge is 0.481 e. The molecule has 0 bridgehead atoms. The van der Waals surface area contributed by atoms with Crippen LogP contribution < -0.4 is 0 Å². The second-order valence-corrected chi connectivity index (χ2v) is 4.32. The van der Waals surface area contributed by atoms with E-state index < -0.39 is 5.97 Å². The highest BCUT2D eigenvalue weighted by Gasteiger charge is 2.31. The van der Waals surface area contributed by atoms with Gasteiger partial charge in [-0.2, -0.15) is 0 Å². The van der Waals surface area contributed by atoms with Crippen LogP contribution in [0.3, 0.4) is 0 Å². The summed E-state index contributed by atoms with van der Waals surface area (Å²) in [5.41, 5.74) is 0.379. The molecule has 0 radical (unpaired) electrons. The molecule has 1 aromatic rings. The standard InChI is InChI=1S/C11H15N3O3/c1-13-6-9(12-7-13)11(17)14-4-2-3-8(14)5-10(15)16/h6-8H,2-5H2,1H3,(H,15,16). The number of rotatable bonds is 3. The SMILES string of the molecule is Cn1cnc(C(=O)N2CCCC2CC(=O)O)c1. The minimum Gasteiger partial charge on any atom is -0.481 e. The number of hydrogen-bond donors (Lipinski definition) is 1. The maximum atomic E-state index is 12.1. The average molecular weight is 237 g/mol. The first kappa shape index (κ1) is 11.6. The lowest BCUT2D eigenvalue weighted by molar-refractivity contribution is -0.137. The Labute approximate surface area is 98.9 Å². The number of amides is 1. The number of aromatic nitrogens is 2. The maximum Gasteiger partial charge on any atom is 0.305 e. The number of carboxylic acid groups (broad SMARTS) is 1. The Bertz CT molecular complexity index is 441. The van der Waals surface area contributed by atoms with Crippen molar-refractivity contribution in [2.24, 2.45) is 7.05 Å². The van der Waals surface area contributed by atoms with Crippen molar-refractivity contribution >= 4 is 11.9 Å². The number of imidazole rings is 1. The Kier molecular flexibility index (Phi) is 3.12. The molecule has 0 aromatic carbocycles. The highest BCUT2D eigenvalue weighted by Crippen LogP contribution is 2.21. The van der Waals surface area contributed by atoms with E-state index >= 15 is 0 Å². The summed E-state index contributed by atoms with van der Waals surface area (Å²) in [6.07, 6.45) is 4.84. The highest BCUT2D eigenvalue weighted by molar-refractivity contribution is 5.92. The second kappa shape index (κ2) is 4.57. The predicted octanol–water partition coefficient (Wildman–Crippen LogP) is 0.499. The molecular weight excluding hydrogens is 222 g/mol. The third-order valence-corrected chi connectivity index (χ3v) is 2.97. The van der Waals surface area contributed by atoms with E-state index in [0.717, 1.165) is 12.8 Å². The van der Waals surface area contributed by atoms with Crippen molar-refractivity contribution in [3.63, 3.8) is 0 Å². The first-order valence-corrected chi connectivity index (χ1v) is 5.58. The van der Waals surface area contributed by atoms with Crippen LogP contribution in [0.1, 0.15) is 29.8 Å². The van der Waals surface area contributed by atoms with E-state index in [1.54, 1.807) is 29.0 Å². The van der Waals surface area contributed by atoms with Crippen molar-refractivity contribution < 1.29 is 14.7 Å². The van der Waals surface area contributed by atoms with E-state index in [1.807, 2.05) is 0 Å². The lowest BCUT2D eigenvalue weighted by Gasteiger charge is -2.22. The minimum absolute atomic E-state index is 0.0125. The van der Waals surface area contributed by atoms with E-state index in [4.69, 9.17) is 5.11 Å². The Morgan fingerprint density at radius 2 is 2.35 bits per heavy atom. The van der Waals surface area contributed by atoms with Crippen molar-refractivity contribution in [3.8, 4) is 0 Å². The molecule has 1 fully saturated rings. The van der Waals surface area contributed by atoms with Crippen LogP contribution >= 0.6 is 0 Å². The minimum atomic E-state index is -0.865. The molecule has 6 heteroatoms. The first-order valence-electron chi connectivity index (χ1n) is 5.58. The van der Waals surface area contributed by atoms with Gasteiger partial charge in [-0.3, -0.25) is 9.59 Å². The molecule has 0 spiro atoms. The molecule has 1 saturated heterocycles. The van der Waals surface area contributed by atoms with Gasteiger partial charge in [0.2, 0.25) is 0 Å². The van der Waals surface area contributed by atoms with Gasteiger partial charge in [-0.25, -0.2) is 4.98 Å². The number of carbonyl (C=O) groups is 2. The molecule has 1 unspecified atom stereocenters. The highest BCUT2D eigenvalue weighted by atomic mass is 16.4. The molecule has 1 N–H and O–H groups in total. The van der Waals surface area contributed by atoms with Crippen LogP contribution in [0.5, 0.6) is 0 Å². The van der Waals surface area contributed by atoms with Gasteiger partial charge in [0.05, 0.1) is 12.7 Å². The third-order valence-electron chi connectivity index (χ3n) is 2.97. The molecule has 0 aliphatic carbocycles. The average Bonchev–Trinajstić information content (AvgIpc) is 2.85. The number of carboxylic acids is 1. The summed E-state index contributed by atoms with van der Waals surface area (Å²) in [7, 11) is 1.79. The number of carbonyl (C=O) groups excluding carboxylic acids is 1. The van der Waals surface area contributed by atoms with Crippen LogP contribution in [0, 0.1) is 0 Å². The van der Waals surface area contributed by atoms with Gasteiger partial charge in [-0.1, -0.05) is 0 Å². The normalized spacial score (nSPS) is 19.6. The number of hydrogen-bond acceptors (Lipinski definition) is 3. The van der Waals surface area contributed by atoms with Crippen molar-refractivity contribution in [2.45, 2.75) is 25.3 Å². The number of likely N-dealkylation sites (tertiary alicyclic amines) is 1. The summed E-state index contributed by atoms with van der Waals surface area (Å²) in [6.45, 7) is 0.618. The summed E-state index contributed by atoms with van der Waals surface area (Å²) in [5.74, 6) is -1.04. The maximum absolute atomic E-state index is 12.1. The monoisotopic (exact) mass is 237 g/mol.